The van der Waals surface area contributed by atoms with E-state index in [0.717, 1.165) is 31.9 Å². The van der Waals surface area contributed by atoms with Gasteiger partial charge in [0.25, 0.3) is 0 Å². The van der Waals surface area contributed by atoms with Crippen molar-refractivity contribution in [2.24, 2.45) is 5.92 Å². The van der Waals surface area contributed by atoms with Crippen molar-refractivity contribution in [1.82, 2.24) is 0 Å². The predicted molar refractivity (Wildman–Crippen MR) is 74.6 cm³/mol. The number of hydrogen-bond acceptors (Lipinski definition) is 4. The molecule has 0 aliphatic carbocycles. The lowest BCUT2D eigenvalue weighted by Crippen LogP contribution is -2.30. The van der Waals surface area contributed by atoms with E-state index in [1.165, 1.54) is 6.42 Å². The normalized spacial score (nSPS) is 19.1. The average molecular weight is 264 g/mol. The van der Waals surface area contributed by atoms with Crippen LogP contribution in [0.4, 0.5) is 11.4 Å². The highest BCUT2D eigenvalue weighted by molar-refractivity contribution is 5.94. The van der Waals surface area contributed by atoms with Crippen molar-refractivity contribution in [2.45, 2.75) is 12.8 Å². The fourth-order valence-corrected chi connectivity index (χ4v) is 2.43. The van der Waals surface area contributed by atoms with Crippen LogP contribution in [0.25, 0.3) is 0 Å². The zero-order valence-electron chi connectivity index (χ0n) is 11.1. The van der Waals surface area contributed by atoms with Crippen LogP contribution >= 0.6 is 0 Å². The third-order valence-corrected chi connectivity index (χ3v) is 3.49. The maximum absolute atomic E-state index is 10.9. The number of ether oxygens (including phenoxy) is 1. The Kier molecular flexibility index (Phi) is 4.27. The highest BCUT2D eigenvalue weighted by atomic mass is 16.5. The summed E-state index contributed by atoms with van der Waals surface area (Å²) < 4.78 is 5.46. The van der Waals surface area contributed by atoms with E-state index in [9.17, 15) is 4.79 Å². The van der Waals surface area contributed by atoms with Crippen molar-refractivity contribution in [2.75, 3.05) is 37.4 Å². The summed E-state index contributed by atoms with van der Waals surface area (Å²) in [6, 6.07) is 5.07. The number of nitrogens with zero attached hydrogens (tertiary/aromatic N) is 1. The fourth-order valence-electron chi connectivity index (χ4n) is 2.43. The van der Waals surface area contributed by atoms with Crippen LogP contribution in [0.3, 0.4) is 0 Å². The first-order valence-electron chi connectivity index (χ1n) is 6.49. The number of hydrogen-bond donors (Lipinski definition) is 2. The molecule has 1 unspecified atom stereocenters. The summed E-state index contributed by atoms with van der Waals surface area (Å²) in [5.41, 5.74) is 7.15. The summed E-state index contributed by atoms with van der Waals surface area (Å²) >= 11 is 0. The molecule has 1 atom stereocenters. The molecule has 1 aromatic carbocycles. The molecule has 1 aliphatic rings. The van der Waals surface area contributed by atoms with Crippen molar-refractivity contribution in [3.8, 4) is 0 Å². The third-order valence-electron chi connectivity index (χ3n) is 3.49. The molecule has 5 heteroatoms. The van der Waals surface area contributed by atoms with Gasteiger partial charge in [0.05, 0.1) is 12.2 Å². The van der Waals surface area contributed by atoms with Gasteiger partial charge >= 0.3 is 5.97 Å². The Hall–Kier alpha value is -1.75. The molecule has 1 fully saturated rings. The average Bonchev–Trinajstić information content (AvgIpc) is 2.39. The van der Waals surface area contributed by atoms with E-state index < -0.39 is 5.97 Å². The van der Waals surface area contributed by atoms with Gasteiger partial charge in [-0.05, 0) is 37.0 Å². The maximum atomic E-state index is 10.9. The number of anilines is 2. The minimum atomic E-state index is -0.993. The molecule has 104 valence electrons. The van der Waals surface area contributed by atoms with Crippen LogP contribution < -0.4 is 10.6 Å². The Morgan fingerprint density at radius 3 is 2.95 bits per heavy atom. The lowest BCUT2D eigenvalue weighted by molar-refractivity contribution is 0.0576. The van der Waals surface area contributed by atoms with Gasteiger partial charge in [-0.15, -0.1) is 0 Å². The summed E-state index contributed by atoms with van der Waals surface area (Å²) in [7, 11) is 1.99. The molecule has 0 radical (unpaired) electrons. The molecule has 1 aromatic rings. The maximum Gasteiger partial charge on any atom is 0.337 e. The van der Waals surface area contributed by atoms with E-state index in [-0.39, 0.29) is 5.56 Å². The first kappa shape index (κ1) is 13.7. The first-order chi connectivity index (χ1) is 9.08. The molecule has 2 rings (SSSR count). The molecular weight excluding hydrogens is 244 g/mol. The first-order valence-corrected chi connectivity index (χ1v) is 6.49. The smallest absolute Gasteiger partial charge is 0.337 e. The third kappa shape index (κ3) is 3.38. The number of benzene rings is 1. The Balaban J connectivity index is 2.04. The number of nitrogens with two attached hydrogens (primary N) is 1. The van der Waals surface area contributed by atoms with E-state index in [4.69, 9.17) is 15.6 Å². The van der Waals surface area contributed by atoms with Gasteiger partial charge in [-0.25, -0.2) is 4.79 Å². The van der Waals surface area contributed by atoms with Crippen molar-refractivity contribution in [3.05, 3.63) is 23.8 Å². The van der Waals surface area contributed by atoms with E-state index in [1.54, 1.807) is 18.2 Å². The van der Waals surface area contributed by atoms with Crippen LogP contribution in [0.1, 0.15) is 23.2 Å². The molecule has 1 heterocycles. The lowest BCUT2D eigenvalue weighted by atomic mass is 10.0. The second-order valence-corrected chi connectivity index (χ2v) is 5.04. The van der Waals surface area contributed by atoms with Gasteiger partial charge in [0, 0.05) is 31.6 Å². The highest BCUT2D eigenvalue weighted by Crippen LogP contribution is 2.23. The predicted octanol–water partition coefficient (Wildman–Crippen LogP) is 1.83. The Labute approximate surface area is 113 Å². The minimum Gasteiger partial charge on any atom is -0.478 e. The zero-order chi connectivity index (χ0) is 13.8. The number of aromatic carboxylic acids is 1. The van der Waals surface area contributed by atoms with Crippen LogP contribution in [0.2, 0.25) is 0 Å². The largest absolute Gasteiger partial charge is 0.478 e. The van der Waals surface area contributed by atoms with Crippen molar-refractivity contribution in [3.63, 3.8) is 0 Å². The summed E-state index contributed by atoms with van der Waals surface area (Å²) in [6.45, 7) is 2.55. The van der Waals surface area contributed by atoms with Crippen LogP contribution in [0.5, 0.6) is 0 Å². The quantitative estimate of drug-likeness (QED) is 0.811. The molecule has 0 spiro atoms. The topological polar surface area (TPSA) is 75.8 Å². The number of carboxylic acids is 1. The number of carbonyl (C=O) groups is 1. The van der Waals surface area contributed by atoms with Gasteiger partial charge in [-0.3, -0.25) is 0 Å². The summed E-state index contributed by atoms with van der Waals surface area (Å²) in [4.78, 5) is 13.0. The van der Waals surface area contributed by atoms with Gasteiger partial charge in [-0.1, -0.05) is 0 Å². The number of nitrogen functional groups attached to an aromatic ring is 1. The van der Waals surface area contributed by atoms with Crippen molar-refractivity contribution in [1.29, 1.82) is 0 Å². The van der Waals surface area contributed by atoms with Gasteiger partial charge in [0.2, 0.25) is 0 Å². The fraction of sp³-hybridized carbons (Fsp3) is 0.500. The van der Waals surface area contributed by atoms with Gasteiger partial charge < -0.3 is 20.5 Å². The van der Waals surface area contributed by atoms with Crippen LogP contribution in [-0.2, 0) is 4.74 Å². The van der Waals surface area contributed by atoms with Gasteiger partial charge in [0.1, 0.15) is 0 Å². The summed E-state index contributed by atoms with van der Waals surface area (Å²) in [5.74, 6) is -0.466. The van der Waals surface area contributed by atoms with E-state index in [1.807, 2.05) is 7.05 Å². The summed E-state index contributed by atoms with van der Waals surface area (Å²) in [6.07, 6.45) is 2.28. The molecule has 0 saturated carbocycles. The van der Waals surface area contributed by atoms with Crippen LogP contribution in [0.15, 0.2) is 18.2 Å². The van der Waals surface area contributed by atoms with Gasteiger partial charge in [-0.2, -0.15) is 0 Å². The second kappa shape index (κ2) is 5.93. The van der Waals surface area contributed by atoms with Crippen molar-refractivity contribution < 1.29 is 14.6 Å². The molecule has 0 aromatic heterocycles. The lowest BCUT2D eigenvalue weighted by Gasteiger charge is -2.28. The van der Waals surface area contributed by atoms with Gasteiger partial charge in [0.15, 0.2) is 0 Å². The van der Waals surface area contributed by atoms with E-state index in [2.05, 4.69) is 4.90 Å². The SMILES string of the molecule is CN(CC1CCCOC1)c1ccc(C(=O)O)c(N)c1. The van der Waals surface area contributed by atoms with Crippen LogP contribution in [-0.4, -0.2) is 37.9 Å². The monoisotopic (exact) mass is 264 g/mol. The molecular formula is C14H20N2O3. The molecule has 5 nitrogen and oxygen atoms in total. The Morgan fingerprint density at radius 2 is 2.37 bits per heavy atom. The standard InChI is InChI=1S/C14H20N2O3/c1-16(8-10-3-2-6-19-9-10)11-4-5-12(14(17)18)13(15)7-11/h4-5,7,10H,2-3,6,8-9,15H2,1H3,(H,17,18). The minimum absolute atomic E-state index is 0.151. The molecule has 1 aliphatic heterocycles. The van der Waals surface area contributed by atoms with E-state index in [0.29, 0.717) is 11.6 Å². The van der Waals surface area contributed by atoms with Crippen molar-refractivity contribution >= 4 is 17.3 Å². The second-order valence-electron chi connectivity index (χ2n) is 5.04. The summed E-state index contributed by atoms with van der Waals surface area (Å²) in [5, 5.41) is 8.95. The molecule has 19 heavy (non-hydrogen) atoms. The Morgan fingerprint density at radius 1 is 1.58 bits per heavy atom. The van der Waals surface area contributed by atoms with Crippen LogP contribution in [0, 0.1) is 5.92 Å². The number of carboxylic acid groups (broad SMARTS) is 1. The zero-order valence-corrected chi connectivity index (χ0v) is 11.1. The molecule has 0 bridgehead atoms. The molecule has 0 amide bonds. The molecule has 1 saturated heterocycles. The van der Waals surface area contributed by atoms with E-state index >= 15 is 0 Å². The number of rotatable bonds is 4. The Bertz CT molecular complexity index is 456. The highest BCUT2D eigenvalue weighted by Gasteiger charge is 2.17. The molecule has 3 N–H and O–H groups in total.